The molecular formula is C22H29FN4O2. The molecule has 1 aliphatic rings. The number of rotatable bonds is 7. The molecule has 1 saturated heterocycles. The molecule has 0 aromatic heterocycles. The average molecular weight is 400 g/mol. The smallest absolute Gasteiger partial charge is 0.191 e. The highest BCUT2D eigenvalue weighted by molar-refractivity contribution is 5.79. The second-order valence-electron chi connectivity index (χ2n) is 7.02. The van der Waals surface area contributed by atoms with Gasteiger partial charge >= 0.3 is 0 Å². The fourth-order valence-corrected chi connectivity index (χ4v) is 3.33. The molecule has 0 aliphatic carbocycles. The lowest BCUT2D eigenvalue weighted by molar-refractivity contribution is 0.0341. The lowest BCUT2D eigenvalue weighted by Crippen LogP contribution is -2.37. The van der Waals surface area contributed by atoms with Gasteiger partial charge in [-0.25, -0.2) is 4.39 Å². The maximum absolute atomic E-state index is 13.5. The van der Waals surface area contributed by atoms with Crippen molar-refractivity contribution in [3.05, 3.63) is 70.5 Å². The molecule has 2 aromatic rings. The van der Waals surface area contributed by atoms with Crippen molar-refractivity contribution in [2.45, 2.75) is 26.2 Å². The van der Waals surface area contributed by atoms with Crippen LogP contribution in [0.4, 0.5) is 4.39 Å². The van der Waals surface area contributed by atoms with Crippen molar-refractivity contribution in [2.24, 2.45) is 4.99 Å². The third kappa shape index (κ3) is 6.25. The number of nitrogens with one attached hydrogen (secondary N) is 2. The molecule has 6 nitrogen and oxygen atoms in total. The third-order valence-electron chi connectivity index (χ3n) is 5.03. The van der Waals surface area contributed by atoms with Crippen molar-refractivity contribution in [3.8, 4) is 0 Å². The summed E-state index contributed by atoms with van der Waals surface area (Å²) in [4.78, 5) is 6.67. The Kier molecular flexibility index (Phi) is 7.98. The van der Waals surface area contributed by atoms with Crippen molar-refractivity contribution in [1.29, 1.82) is 0 Å². The van der Waals surface area contributed by atoms with E-state index in [0.29, 0.717) is 24.6 Å². The van der Waals surface area contributed by atoms with Gasteiger partial charge in [-0.3, -0.25) is 9.89 Å². The largest absolute Gasteiger partial charge is 0.392 e. The van der Waals surface area contributed by atoms with E-state index in [1.807, 2.05) is 6.07 Å². The molecule has 29 heavy (non-hydrogen) atoms. The molecule has 1 heterocycles. The van der Waals surface area contributed by atoms with Crippen molar-refractivity contribution >= 4 is 5.96 Å². The van der Waals surface area contributed by atoms with Gasteiger partial charge < -0.3 is 20.5 Å². The number of guanidine groups is 1. The number of aliphatic imine (C=N–C) groups is 1. The average Bonchev–Trinajstić information content (AvgIpc) is 2.76. The van der Waals surface area contributed by atoms with Gasteiger partial charge in [0.25, 0.3) is 0 Å². The zero-order valence-electron chi connectivity index (χ0n) is 16.8. The van der Waals surface area contributed by atoms with E-state index in [-0.39, 0.29) is 6.61 Å². The third-order valence-corrected chi connectivity index (χ3v) is 5.03. The van der Waals surface area contributed by atoms with Gasteiger partial charge in [0.15, 0.2) is 5.96 Å². The van der Waals surface area contributed by atoms with Crippen LogP contribution in [-0.2, 0) is 31.0 Å². The first-order valence-electron chi connectivity index (χ1n) is 9.89. The molecule has 3 rings (SSSR count). The summed E-state index contributed by atoms with van der Waals surface area (Å²) in [6.45, 7) is 5.24. The molecule has 0 saturated carbocycles. The van der Waals surface area contributed by atoms with E-state index >= 15 is 0 Å². The van der Waals surface area contributed by atoms with Crippen LogP contribution in [0, 0.1) is 5.82 Å². The molecule has 0 atom stereocenters. The van der Waals surface area contributed by atoms with Crippen LogP contribution in [0.5, 0.6) is 0 Å². The minimum atomic E-state index is -0.393. The lowest BCUT2D eigenvalue weighted by Gasteiger charge is -2.27. The van der Waals surface area contributed by atoms with Gasteiger partial charge in [0, 0.05) is 45.3 Å². The summed E-state index contributed by atoms with van der Waals surface area (Å²) >= 11 is 0. The molecule has 1 fully saturated rings. The molecule has 7 heteroatoms. The van der Waals surface area contributed by atoms with Gasteiger partial charge in [0.2, 0.25) is 0 Å². The summed E-state index contributed by atoms with van der Waals surface area (Å²) < 4.78 is 19.0. The number of hydrogen-bond acceptors (Lipinski definition) is 4. The summed E-state index contributed by atoms with van der Waals surface area (Å²) in [6.07, 6.45) is 0. The Labute approximate surface area is 171 Å². The molecule has 0 spiro atoms. The predicted octanol–water partition coefficient (Wildman–Crippen LogP) is 2.02. The van der Waals surface area contributed by atoms with E-state index < -0.39 is 5.82 Å². The maximum atomic E-state index is 13.5. The number of ether oxygens (including phenoxy) is 1. The molecule has 0 radical (unpaired) electrons. The van der Waals surface area contributed by atoms with Crippen molar-refractivity contribution in [2.75, 3.05) is 33.4 Å². The topological polar surface area (TPSA) is 69.1 Å². The fourth-order valence-electron chi connectivity index (χ4n) is 3.33. The highest BCUT2D eigenvalue weighted by Gasteiger charge is 2.13. The van der Waals surface area contributed by atoms with Gasteiger partial charge in [-0.1, -0.05) is 30.3 Å². The van der Waals surface area contributed by atoms with Crippen LogP contribution in [-0.4, -0.2) is 49.3 Å². The van der Waals surface area contributed by atoms with E-state index in [9.17, 15) is 9.50 Å². The Balaban J connectivity index is 1.55. The summed E-state index contributed by atoms with van der Waals surface area (Å²) in [6, 6.07) is 13.1. The summed E-state index contributed by atoms with van der Waals surface area (Å²) in [5.74, 6) is 0.275. The summed E-state index contributed by atoms with van der Waals surface area (Å²) in [5, 5.41) is 15.8. The second-order valence-corrected chi connectivity index (χ2v) is 7.02. The minimum absolute atomic E-state index is 0.296. The van der Waals surface area contributed by atoms with E-state index in [2.05, 4.69) is 38.7 Å². The highest BCUT2D eigenvalue weighted by atomic mass is 19.1. The number of aliphatic hydroxyl groups excluding tert-OH is 1. The van der Waals surface area contributed by atoms with Gasteiger partial charge in [0.1, 0.15) is 5.82 Å². The minimum Gasteiger partial charge on any atom is -0.392 e. The number of benzene rings is 2. The Hall–Kier alpha value is -2.48. The number of aliphatic hydroxyl groups is 1. The zero-order valence-corrected chi connectivity index (χ0v) is 16.8. The molecular weight excluding hydrogens is 371 g/mol. The van der Waals surface area contributed by atoms with Gasteiger partial charge in [0.05, 0.1) is 19.8 Å². The normalized spacial score (nSPS) is 15.3. The monoisotopic (exact) mass is 400 g/mol. The van der Waals surface area contributed by atoms with E-state index in [1.54, 1.807) is 19.2 Å². The van der Waals surface area contributed by atoms with E-state index in [0.717, 1.165) is 38.4 Å². The van der Waals surface area contributed by atoms with Crippen LogP contribution in [0.2, 0.25) is 0 Å². The Morgan fingerprint density at radius 2 is 1.79 bits per heavy atom. The number of halogens is 1. The summed E-state index contributed by atoms with van der Waals surface area (Å²) in [7, 11) is 1.72. The lowest BCUT2D eigenvalue weighted by atomic mass is 10.1. The first-order valence-corrected chi connectivity index (χ1v) is 9.89. The number of nitrogens with zero attached hydrogens (tertiary/aromatic N) is 2. The highest BCUT2D eigenvalue weighted by Crippen LogP contribution is 2.13. The van der Waals surface area contributed by atoms with Gasteiger partial charge in [-0.2, -0.15) is 0 Å². The quantitative estimate of drug-likeness (QED) is 0.490. The number of hydrogen-bond donors (Lipinski definition) is 3. The van der Waals surface area contributed by atoms with Crippen LogP contribution in [0.15, 0.2) is 47.5 Å². The molecule has 3 N–H and O–H groups in total. The number of morpholine rings is 1. The fraction of sp³-hybridized carbons (Fsp3) is 0.409. The second kappa shape index (κ2) is 10.9. The van der Waals surface area contributed by atoms with Crippen LogP contribution in [0.3, 0.4) is 0 Å². The standard InChI is InChI=1S/C22H29FN4O2/c1-24-22(25-13-17-6-7-21(23)20(12-17)16-28)26-14-18-4-2-3-5-19(18)15-27-8-10-29-11-9-27/h2-7,12,28H,8-11,13-16H2,1H3,(H2,24,25,26). The van der Waals surface area contributed by atoms with Crippen LogP contribution in [0.25, 0.3) is 0 Å². The van der Waals surface area contributed by atoms with E-state index in [4.69, 9.17) is 4.74 Å². The first kappa shape index (κ1) is 21.2. The van der Waals surface area contributed by atoms with Crippen LogP contribution in [0.1, 0.15) is 22.3 Å². The van der Waals surface area contributed by atoms with Gasteiger partial charge in [-0.15, -0.1) is 0 Å². The van der Waals surface area contributed by atoms with Gasteiger partial charge in [-0.05, 0) is 28.8 Å². The van der Waals surface area contributed by atoms with E-state index in [1.165, 1.54) is 17.2 Å². The van der Waals surface area contributed by atoms with Crippen molar-refractivity contribution < 1.29 is 14.2 Å². The maximum Gasteiger partial charge on any atom is 0.191 e. The molecule has 0 amide bonds. The molecule has 1 aliphatic heterocycles. The SMILES string of the molecule is CN=C(NCc1ccc(F)c(CO)c1)NCc1ccccc1CN1CCOCC1. The first-order chi connectivity index (χ1) is 14.2. The van der Waals surface area contributed by atoms with Crippen LogP contribution >= 0.6 is 0 Å². The zero-order chi connectivity index (χ0) is 20.5. The Bertz CT molecular complexity index is 822. The molecule has 0 bridgehead atoms. The van der Waals surface area contributed by atoms with Crippen molar-refractivity contribution in [3.63, 3.8) is 0 Å². The predicted molar refractivity (Wildman–Crippen MR) is 112 cm³/mol. The Morgan fingerprint density at radius 1 is 1.07 bits per heavy atom. The Morgan fingerprint density at radius 3 is 2.52 bits per heavy atom. The van der Waals surface area contributed by atoms with Crippen LogP contribution < -0.4 is 10.6 Å². The summed E-state index contributed by atoms with van der Waals surface area (Å²) in [5.41, 5.74) is 3.70. The molecule has 0 unspecified atom stereocenters. The van der Waals surface area contributed by atoms with Crippen molar-refractivity contribution in [1.82, 2.24) is 15.5 Å². The molecule has 2 aromatic carbocycles. The molecule has 156 valence electrons.